The van der Waals surface area contributed by atoms with Crippen molar-refractivity contribution in [3.8, 4) is 22.4 Å². The number of aryl methyl sites for hydroxylation is 4. The lowest BCUT2D eigenvalue weighted by Gasteiger charge is -2.07. The Labute approximate surface area is 137 Å². The SMILES string of the molecule is [2H]C([2H])([2H])c1ccc(-c2ccc(-c3ccccc3C)[n+](C)c2)cc1C. The molecule has 0 amide bonds. The van der Waals surface area contributed by atoms with E-state index in [0.717, 1.165) is 22.4 Å². The first-order chi connectivity index (χ1) is 11.8. The predicted octanol–water partition coefficient (Wildman–Crippen LogP) is 4.77. The minimum atomic E-state index is -2.07. The summed E-state index contributed by atoms with van der Waals surface area (Å²) in [6, 6.07) is 18.1. The molecule has 0 radical (unpaired) electrons. The molecule has 0 spiro atoms. The largest absolute Gasteiger partial charge is 0.212 e. The summed E-state index contributed by atoms with van der Waals surface area (Å²) in [4.78, 5) is 0. The van der Waals surface area contributed by atoms with Gasteiger partial charge in [0, 0.05) is 21.3 Å². The van der Waals surface area contributed by atoms with Crippen LogP contribution in [0.25, 0.3) is 22.4 Å². The van der Waals surface area contributed by atoms with Crippen LogP contribution < -0.4 is 4.57 Å². The van der Waals surface area contributed by atoms with E-state index in [0.29, 0.717) is 5.56 Å². The van der Waals surface area contributed by atoms with Crippen molar-refractivity contribution < 1.29 is 8.68 Å². The Kier molecular flexibility index (Phi) is 2.93. The van der Waals surface area contributed by atoms with E-state index in [1.54, 1.807) is 6.07 Å². The Morgan fingerprint density at radius 3 is 2.27 bits per heavy atom. The summed E-state index contributed by atoms with van der Waals surface area (Å²) in [5, 5.41) is 0. The monoisotopic (exact) mass is 291 g/mol. The number of hydrogen-bond donors (Lipinski definition) is 0. The van der Waals surface area contributed by atoms with E-state index in [1.807, 2.05) is 38.2 Å². The Bertz CT molecular complexity index is 927. The first-order valence-electron chi connectivity index (χ1n) is 8.94. The van der Waals surface area contributed by atoms with Gasteiger partial charge in [0.25, 0.3) is 0 Å². The molecule has 0 aliphatic rings. The fraction of sp³-hybridized carbons (Fsp3) is 0.190. The van der Waals surface area contributed by atoms with Crippen molar-refractivity contribution in [2.75, 3.05) is 0 Å². The summed E-state index contributed by atoms with van der Waals surface area (Å²) in [6.07, 6.45) is 2.09. The minimum Gasteiger partial charge on any atom is -0.200 e. The molecule has 0 aliphatic carbocycles. The van der Waals surface area contributed by atoms with Gasteiger partial charge in [-0.05, 0) is 55.1 Å². The average Bonchev–Trinajstić information content (AvgIpc) is 2.54. The number of aromatic nitrogens is 1. The molecule has 1 heterocycles. The van der Waals surface area contributed by atoms with E-state index < -0.39 is 6.85 Å². The molecule has 3 aromatic rings. The molecule has 0 fully saturated rings. The zero-order valence-corrected chi connectivity index (χ0v) is 13.2. The Morgan fingerprint density at radius 2 is 1.59 bits per heavy atom. The second-order valence-corrected chi connectivity index (χ2v) is 5.76. The van der Waals surface area contributed by atoms with Crippen molar-refractivity contribution in [3.63, 3.8) is 0 Å². The molecule has 0 atom stereocenters. The van der Waals surface area contributed by atoms with E-state index in [-0.39, 0.29) is 0 Å². The van der Waals surface area contributed by atoms with Crippen molar-refractivity contribution >= 4 is 0 Å². The zero-order chi connectivity index (χ0) is 18.2. The van der Waals surface area contributed by atoms with Gasteiger partial charge >= 0.3 is 0 Å². The van der Waals surface area contributed by atoms with Crippen LogP contribution in [0.2, 0.25) is 0 Å². The van der Waals surface area contributed by atoms with Crippen LogP contribution in [0.3, 0.4) is 0 Å². The molecule has 0 N–H and O–H groups in total. The molecule has 1 aromatic heterocycles. The van der Waals surface area contributed by atoms with Crippen LogP contribution in [0, 0.1) is 20.7 Å². The number of benzene rings is 2. The molecule has 1 heteroatoms. The second-order valence-electron chi connectivity index (χ2n) is 5.76. The highest BCUT2D eigenvalue weighted by Crippen LogP contribution is 2.24. The topological polar surface area (TPSA) is 3.88 Å². The van der Waals surface area contributed by atoms with E-state index in [4.69, 9.17) is 4.11 Å². The van der Waals surface area contributed by atoms with Crippen LogP contribution in [0.1, 0.15) is 20.8 Å². The number of nitrogens with zero attached hydrogens (tertiary/aromatic N) is 1. The van der Waals surface area contributed by atoms with Gasteiger partial charge in [-0.25, -0.2) is 4.57 Å². The molecular weight excluding hydrogens is 266 g/mol. The van der Waals surface area contributed by atoms with Gasteiger partial charge in [-0.1, -0.05) is 36.4 Å². The van der Waals surface area contributed by atoms with Crippen LogP contribution >= 0.6 is 0 Å². The molecule has 0 bridgehead atoms. The van der Waals surface area contributed by atoms with Gasteiger partial charge in [-0.15, -0.1) is 0 Å². The third-order valence-electron chi connectivity index (χ3n) is 4.11. The van der Waals surface area contributed by atoms with E-state index >= 15 is 0 Å². The molecule has 0 saturated carbocycles. The number of hydrogen-bond acceptors (Lipinski definition) is 0. The summed E-state index contributed by atoms with van der Waals surface area (Å²) in [7, 11) is 2.04. The van der Waals surface area contributed by atoms with Gasteiger partial charge in [-0.2, -0.15) is 0 Å². The average molecular weight is 291 g/mol. The van der Waals surface area contributed by atoms with Crippen LogP contribution in [0.15, 0.2) is 60.8 Å². The molecule has 0 aliphatic heterocycles. The highest BCUT2D eigenvalue weighted by atomic mass is 14.9. The maximum atomic E-state index is 7.60. The first-order valence-corrected chi connectivity index (χ1v) is 7.44. The quantitative estimate of drug-likeness (QED) is 0.599. The van der Waals surface area contributed by atoms with Gasteiger partial charge in [-0.3, -0.25) is 0 Å². The highest BCUT2D eigenvalue weighted by Gasteiger charge is 2.13. The third-order valence-corrected chi connectivity index (χ3v) is 4.11. The lowest BCUT2D eigenvalue weighted by molar-refractivity contribution is -0.659. The summed E-state index contributed by atoms with van der Waals surface area (Å²) in [5.74, 6) is 0. The van der Waals surface area contributed by atoms with Crippen LogP contribution in [-0.4, -0.2) is 0 Å². The molecular formula is C21H22N+. The van der Waals surface area contributed by atoms with Gasteiger partial charge in [0.2, 0.25) is 5.69 Å². The van der Waals surface area contributed by atoms with Gasteiger partial charge in [0.05, 0.1) is 0 Å². The minimum absolute atomic E-state index is 0.414. The normalized spacial score (nSPS) is 13.3. The number of rotatable bonds is 2. The van der Waals surface area contributed by atoms with Crippen LogP contribution in [0.5, 0.6) is 0 Å². The molecule has 0 unspecified atom stereocenters. The van der Waals surface area contributed by atoms with Crippen LogP contribution in [0.4, 0.5) is 0 Å². The van der Waals surface area contributed by atoms with E-state index in [1.165, 1.54) is 11.1 Å². The standard InChI is InChI=1S/C21H22N/c1-15-9-10-18(13-17(15)3)19-11-12-21(22(4)14-19)20-8-6-5-7-16(20)2/h5-14H,1-4H3/q+1/i1D3. The number of pyridine rings is 1. The van der Waals surface area contributed by atoms with E-state index in [9.17, 15) is 0 Å². The van der Waals surface area contributed by atoms with Crippen molar-refractivity contribution in [3.05, 3.63) is 77.5 Å². The predicted molar refractivity (Wildman–Crippen MR) is 92.7 cm³/mol. The maximum Gasteiger partial charge on any atom is 0.212 e. The molecule has 2 aromatic carbocycles. The molecule has 1 nitrogen and oxygen atoms in total. The summed E-state index contributed by atoms with van der Waals surface area (Å²) < 4.78 is 24.9. The third kappa shape index (κ3) is 2.67. The summed E-state index contributed by atoms with van der Waals surface area (Å²) >= 11 is 0. The first kappa shape index (κ1) is 11.2. The van der Waals surface area contributed by atoms with Gasteiger partial charge < -0.3 is 0 Å². The lowest BCUT2D eigenvalue weighted by atomic mass is 10.00. The Balaban J connectivity index is 2.02. The summed E-state index contributed by atoms with van der Waals surface area (Å²) in [6.45, 7) is 1.90. The van der Waals surface area contributed by atoms with Gasteiger partial charge in [0.15, 0.2) is 6.20 Å². The second kappa shape index (κ2) is 5.76. The lowest BCUT2D eigenvalue weighted by Crippen LogP contribution is -2.30. The zero-order valence-electron chi connectivity index (χ0n) is 16.2. The fourth-order valence-corrected chi connectivity index (χ4v) is 2.76. The highest BCUT2D eigenvalue weighted by molar-refractivity contribution is 5.67. The Hall–Kier alpha value is -2.41. The Morgan fingerprint density at radius 1 is 0.818 bits per heavy atom. The smallest absolute Gasteiger partial charge is 0.200 e. The van der Waals surface area contributed by atoms with Crippen molar-refractivity contribution in [2.24, 2.45) is 7.05 Å². The fourth-order valence-electron chi connectivity index (χ4n) is 2.76. The van der Waals surface area contributed by atoms with Crippen molar-refractivity contribution in [1.82, 2.24) is 0 Å². The van der Waals surface area contributed by atoms with Crippen molar-refractivity contribution in [1.29, 1.82) is 0 Å². The molecule has 22 heavy (non-hydrogen) atoms. The summed E-state index contributed by atoms with van der Waals surface area (Å²) in [5.41, 5.74) is 6.91. The van der Waals surface area contributed by atoms with Crippen LogP contribution in [-0.2, 0) is 7.05 Å². The molecule has 110 valence electrons. The van der Waals surface area contributed by atoms with Gasteiger partial charge in [0.1, 0.15) is 7.05 Å². The maximum absolute atomic E-state index is 7.60. The van der Waals surface area contributed by atoms with Crippen molar-refractivity contribution in [2.45, 2.75) is 20.7 Å². The van der Waals surface area contributed by atoms with E-state index in [2.05, 4.69) is 42.0 Å². The molecule has 3 rings (SSSR count). The molecule has 0 saturated heterocycles.